The molecule has 2 N–H and O–H groups in total. The van der Waals surface area contributed by atoms with Crippen molar-refractivity contribution in [2.75, 3.05) is 6.61 Å². The number of ether oxygens (including phenoxy) is 1. The zero-order valence-electron chi connectivity index (χ0n) is 21.2. The fraction of sp³-hybridized carbons (Fsp3) is 0.231. The maximum absolute atomic E-state index is 12.6. The first-order valence-corrected chi connectivity index (χ1v) is 11.1. The number of fused-ring (bicyclic) bond motifs is 2. The predicted octanol–water partition coefficient (Wildman–Crippen LogP) is 3.07. The van der Waals surface area contributed by atoms with Gasteiger partial charge in [0, 0.05) is 23.2 Å². The molecule has 0 amide bonds. The molecule has 0 radical (unpaired) electrons. The summed E-state index contributed by atoms with van der Waals surface area (Å²) in [5.74, 6) is -1.44. The molecule has 0 bridgehead atoms. The topological polar surface area (TPSA) is 119 Å². The molecular formula is C26H21F6N2NaO5. The number of esters is 1. The maximum Gasteiger partial charge on any atom is 1.00 e. The summed E-state index contributed by atoms with van der Waals surface area (Å²) in [7, 11) is 0. The van der Waals surface area contributed by atoms with Crippen molar-refractivity contribution < 1.29 is 80.8 Å². The summed E-state index contributed by atoms with van der Waals surface area (Å²) >= 11 is 0. The molecule has 0 saturated carbocycles. The van der Waals surface area contributed by atoms with Crippen LogP contribution in [0.25, 0.3) is 21.8 Å². The van der Waals surface area contributed by atoms with E-state index in [2.05, 4.69) is 9.97 Å². The van der Waals surface area contributed by atoms with Gasteiger partial charge in [-0.2, -0.15) is 26.3 Å². The van der Waals surface area contributed by atoms with Gasteiger partial charge in [0.1, 0.15) is 0 Å². The summed E-state index contributed by atoms with van der Waals surface area (Å²) in [4.78, 5) is 29.4. The molecule has 2 aromatic heterocycles. The Kier molecular flexibility index (Phi) is 12.5. The summed E-state index contributed by atoms with van der Waals surface area (Å²) < 4.78 is 80.1. The number of aromatic nitrogens is 2. The number of aliphatic carboxylic acids is 1. The summed E-state index contributed by atoms with van der Waals surface area (Å²) in [5.41, 5.74) is 0.233. The molecule has 7 nitrogen and oxygen atoms in total. The number of carboxylic acids is 1. The Hall–Kier alpha value is -3.26. The van der Waals surface area contributed by atoms with Gasteiger partial charge in [0.15, 0.2) is 0 Å². The van der Waals surface area contributed by atoms with E-state index in [-0.39, 0.29) is 59.9 Å². The largest absolute Gasteiger partial charge is 1.00 e. The van der Waals surface area contributed by atoms with Gasteiger partial charge >= 0.3 is 53.8 Å². The van der Waals surface area contributed by atoms with Crippen molar-refractivity contribution in [1.82, 2.24) is 9.97 Å². The number of carbonyl (C=O) groups is 2. The van der Waals surface area contributed by atoms with E-state index in [0.29, 0.717) is 27.5 Å². The second-order valence-corrected chi connectivity index (χ2v) is 8.05. The molecule has 208 valence electrons. The van der Waals surface area contributed by atoms with Gasteiger partial charge in [-0.25, -0.2) is 0 Å². The third kappa shape index (κ3) is 9.73. The fourth-order valence-corrected chi connectivity index (χ4v) is 3.45. The van der Waals surface area contributed by atoms with Gasteiger partial charge in [-0.05, 0) is 54.4 Å². The Morgan fingerprint density at radius 3 is 1.57 bits per heavy atom. The van der Waals surface area contributed by atoms with Crippen LogP contribution in [0.4, 0.5) is 26.3 Å². The molecule has 14 heteroatoms. The van der Waals surface area contributed by atoms with Crippen molar-refractivity contribution in [3.05, 3.63) is 83.2 Å². The van der Waals surface area contributed by atoms with E-state index in [1.54, 1.807) is 19.1 Å². The van der Waals surface area contributed by atoms with Crippen molar-refractivity contribution in [1.29, 1.82) is 0 Å². The number of pyridine rings is 2. The molecular weight excluding hydrogens is 557 g/mol. The number of hydrogen-bond acceptors (Lipinski definition) is 6. The van der Waals surface area contributed by atoms with E-state index < -0.39 is 35.4 Å². The molecule has 0 aliphatic carbocycles. The van der Waals surface area contributed by atoms with Crippen LogP contribution in [0.1, 0.15) is 29.2 Å². The molecule has 0 saturated heterocycles. The monoisotopic (exact) mass is 578 g/mol. The normalized spacial score (nSPS) is 11.1. The Morgan fingerprint density at radius 2 is 1.20 bits per heavy atom. The number of carboxylic acid groups (broad SMARTS) is 1. The summed E-state index contributed by atoms with van der Waals surface area (Å²) in [6.07, 6.45) is -7.53. The van der Waals surface area contributed by atoms with E-state index in [4.69, 9.17) is 9.84 Å². The molecule has 0 spiro atoms. The first kappa shape index (κ1) is 34.8. The molecule has 4 rings (SSSR count). The molecule has 0 aliphatic heterocycles. The summed E-state index contributed by atoms with van der Waals surface area (Å²) in [5, 5.41) is 9.26. The van der Waals surface area contributed by atoms with Gasteiger partial charge in [0.25, 0.3) is 0 Å². The zero-order chi connectivity index (χ0) is 28.1. The van der Waals surface area contributed by atoms with Gasteiger partial charge in [0.2, 0.25) is 0 Å². The zero-order valence-corrected chi connectivity index (χ0v) is 23.2. The third-order valence-corrected chi connectivity index (χ3v) is 5.16. The van der Waals surface area contributed by atoms with Crippen molar-refractivity contribution in [2.45, 2.75) is 32.1 Å². The van der Waals surface area contributed by atoms with Gasteiger partial charge < -0.3 is 15.3 Å². The molecule has 40 heavy (non-hydrogen) atoms. The molecule has 0 aliphatic rings. The molecule has 2 heterocycles. The predicted molar refractivity (Wildman–Crippen MR) is 127 cm³/mol. The minimum Gasteiger partial charge on any atom is -0.870 e. The molecule has 0 unspecified atom stereocenters. The minimum absolute atomic E-state index is 0. The SMILES string of the molecule is CCOC(=O)Cc1ccc2ncc(C(F)(F)F)cc2c1.O=C(O)Cc1ccc2ncc(C(F)(F)F)cc2c1.[Na+].[OH-]. The Bertz CT molecular complexity index is 1480. The Balaban J connectivity index is 0.000000383. The number of rotatable bonds is 5. The molecule has 0 atom stereocenters. The smallest absolute Gasteiger partial charge is 0.870 e. The number of alkyl halides is 6. The van der Waals surface area contributed by atoms with Gasteiger partial charge in [0.05, 0.1) is 41.6 Å². The van der Waals surface area contributed by atoms with Gasteiger partial charge in [-0.15, -0.1) is 0 Å². The standard InChI is InChI=1S/C14H12F3NO2.C12H8F3NO2.Na.H2O/c1-2-20-13(19)6-9-3-4-12-10(5-9)7-11(8-18-12)14(15,16)17;13-12(14,15)9-5-8-3-7(4-11(17)18)1-2-10(8)16-6-9;;/h3-5,7-8H,2,6H2,1H3;1-3,5-6H,4H2,(H,17,18);;1H2/q;;+1;/p-1. The first-order valence-electron chi connectivity index (χ1n) is 11.1. The van der Waals surface area contributed by atoms with Crippen molar-refractivity contribution in [2.24, 2.45) is 0 Å². The number of halogens is 6. The average Bonchev–Trinajstić information content (AvgIpc) is 2.82. The van der Waals surface area contributed by atoms with E-state index in [1.165, 1.54) is 24.3 Å². The quantitative estimate of drug-likeness (QED) is 0.220. The Labute approximate surface area is 245 Å². The third-order valence-electron chi connectivity index (χ3n) is 5.16. The summed E-state index contributed by atoms with van der Waals surface area (Å²) in [6, 6.07) is 11.2. The molecule has 0 fully saturated rings. The van der Waals surface area contributed by atoms with Crippen molar-refractivity contribution in [3.8, 4) is 0 Å². The second-order valence-electron chi connectivity index (χ2n) is 8.05. The van der Waals surface area contributed by atoms with Crippen LogP contribution in [0, 0.1) is 0 Å². The molecule has 2 aromatic carbocycles. The van der Waals surface area contributed by atoms with Crippen LogP contribution in [0.3, 0.4) is 0 Å². The molecule has 4 aromatic rings. The van der Waals surface area contributed by atoms with Crippen LogP contribution < -0.4 is 29.6 Å². The van der Waals surface area contributed by atoms with Gasteiger partial charge in [-0.1, -0.05) is 12.1 Å². The van der Waals surface area contributed by atoms with Crippen LogP contribution in [-0.2, 0) is 39.5 Å². The minimum atomic E-state index is -4.45. The summed E-state index contributed by atoms with van der Waals surface area (Å²) in [6.45, 7) is 1.96. The van der Waals surface area contributed by atoms with E-state index in [1.807, 2.05) is 0 Å². The number of nitrogens with zero attached hydrogens (tertiary/aromatic N) is 2. The maximum atomic E-state index is 12.6. The fourth-order valence-electron chi connectivity index (χ4n) is 3.45. The van der Waals surface area contributed by atoms with Crippen LogP contribution in [0.2, 0.25) is 0 Å². The van der Waals surface area contributed by atoms with E-state index in [0.717, 1.165) is 24.5 Å². The van der Waals surface area contributed by atoms with Crippen LogP contribution in [-0.4, -0.2) is 39.1 Å². The number of carbonyl (C=O) groups excluding carboxylic acids is 1. The van der Waals surface area contributed by atoms with Crippen LogP contribution in [0.5, 0.6) is 0 Å². The van der Waals surface area contributed by atoms with Crippen LogP contribution in [0.15, 0.2) is 60.9 Å². The van der Waals surface area contributed by atoms with E-state index in [9.17, 15) is 35.9 Å². The van der Waals surface area contributed by atoms with Crippen molar-refractivity contribution >= 4 is 33.7 Å². The van der Waals surface area contributed by atoms with Gasteiger partial charge in [-0.3, -0.25) is 19.6 Å². The average molecular weight is 578 g/mol. The number of hydrogen-bond donors (Lipinski definition) is 1. The first-order chi connectivity index (χ1) is 17.8. The van der Waals surface area contributed by atoms with Crippen LogP contribution >= 0.6 is 0 Å². The van der Waals surface area contributed by atoms with Crippen molar-refractivity contribution in [3.63, 3.8) is 0 Å². The number of benzene rings is 2. The van der Waals surface area contributed by atoms with E-state index >= 15 is 0 Å². The second kappa shape index (κ2) is 14.4. The Morgan fingerprint density at radius 1 is 0.775 bits per heavy atom.